The van der Waals surface area contributed by atoms with E-state index in [1.54, 1.807) is 0 Å². The second-order valence-corrected chi connectivity index (χ2v) is 11.1. The zero-order valence-corrected chi connectivity index (χ0v) is 23.1. The van der Waals surface area contributed by atoms with Gasteiger partial charge < -0.3 is 35.8 Å². The van der Waals surface area contributed by atoms with Crippen LogP contribution >= 0.6 is 11.6 Å². The van der Waals surface area contributed by atoms with Gasteiger partial charge in [-0.3, -0.25) is 0 Å². The Balaban J connectivity index is 0.000000360. The Hall–Kier alpha value is -2.92. The molecule has 1 saturated carbocycles. The predicted molar refractivity (Wildman–Crippen MR) is 147 cm³/mol. The number of benzene rings is 1. The number of carboxylic acid groups (broad SMARTS) is 2. The Kier molecular flexibility index (Phi) is 10.9. The Labute approximate surface area is 233 Å². The molecule has 2 aromatic rings. The molecule has 2 atom stereocenters. The molecule has 2 heterocycles. The summed E-state index contributed by atoms with van der Waals surface area (Å²) in [6, 6.07) is 8.26. The van der Waals surface area contributed by atoms with Crippen molar-refractivity contribution in [2.45, 2.75) is 77.2 Å². The van der Waals surface area contributed by atoms with Crippen LogP contribution in [0.3, 0.4) is 0 Å². The van der Waals surface area contributed by atoms with Crippen molar-refractivity contribution in [2.24, 2.45) is 5.41 Å². The number of nitrogens with one attached hydrogen (secondary N) is 2. The number of carboxylic acids is 2. The fraction of sp³-hybridized carbons (Fsp3) is 0.536. The Morgan fingerprint density at radius 2 is 1.72 bits per heavy atom. The van der Waals surface area contributed by atoms with E-state index in [0.717, 1.165) is 60.9 Å². The van der Waals surface area contributed by atoms with Gasteiger partial charge >= 0.3 is 11.9 Å². The van der Waals surface area contributed by atoms with Gasteiger partial charge in [-0.25, -0.2) is 14.6 Å². The van der Waals surface area contributed by atoms with Gasteiger partial charge in [-0.15, -0.1) is 0 Å². The van der Waals surface area contributed by atoms with Crippen LogP contribution in [0.25, 0.3) is 0 Å². The van der Waals surface area contributed by atoms with Crippen LogP contribution in [0.15, 0.2) is 30.5 Å². The number of aliphatic carboxylic acids is 2. The molecule has 4 rings (SSSR count). The number of aliphatic hydroxyl groups excluding tert-OH is 2. The van der Waals surface area contributed by atoms with Crippen molar-refractivity contribution in [2.75, 3.05) is 18.4 Å². The summed E-state index contributed by atoms with van der Waals surface area (Å²) in [4.78, 5) is 24.1. The molecule has 11 heteroatoms. The van der Waals surface area contributed by atoms with E-state index < -0.39 is 24.1 Å². The molecule has 2 aliphatic rings. The first-order valence-corrected chi connectivity index (χ1v) is 13.5. The maximum atomic E-state index is 9.77. The molecule has 0 spiro atoms. The van der Waals surface area contributed by atoms with Gasteiger partial charge in [-0.2, -0.15) is 0 Å². The Bertz CT molecular complexity index is 1100. The summed E-state index contributed by atoms with van der Waals surface area (Å²) < 4.78 is 6.11. The van der Waals surface area contributed by atoms with E-state index in [4.69, 9.17) is 36.8 Å². The van der Waals surface area contributed by atoms with Gasteiger partial charge in [-0.05, 0) is 79.8 Å². The standard InChI is InChI=1S/C24H32ClN3O.C4H6O6/c1-24(2)11-7-19(8-12-24)29-22-6-3-17(15-27-22)16-28-23-20-10-14-26-13-9-18(20)4-5-21(23)25;5-1(3(7)8)2(6)4(9)10/h3-6,15,19,26,28H,7-14,16H2,1-2H3;1-2,5-6H,(H,7,8)(H,9,10)/t;1-,2-/m.1/s1. The molecule has 6 N–H and O–H groups in total. The first-order valence-electron chi connectivity index (χ1n) is 13.1. The van der Waals surface area contributed by atoms with Crippen LogP contribution in [-0.2, 0) is 29.0 Å². The predicted octanol–water partition coefficient (Wildman–Crippen LogP) is 3.26. The van der Waals surface area contributed by atoms with Crippen molar-refractivity contribution in [3.63, 3.8) is 0 Å². The maximum absolute atomic E-state index is 9.77. The summed E-state index contributed by atoms with van der Waals surface area (Å²) in [5, 5.41) is 40.3. The molecule has 10 nitrogen and oxygen atoms in total. The van der Waals surface area contributed by atoms with Crippen molar-refractivity contribution < 1.29 is 34.8 Å². The molecule has 0 bridgehead atoms. The smallest absolute Gasteiger partial charge is 0.335 e. The molecule has 0 amide bonds. The highest BCUT2D eigenvalue weighted by molar-refractivity contribution is 6.33. The lowest BCUT2D eigenvalue weighted by atomic mass is 9.76. The summed E-state index contributed by atoms with van der Waals surface area (Å²) in [5.74, 6) is -2.80. The van der Waals surface area contributed by atoms with Gasteiger partial charge in [0.05, 0.1) is 10.7 Å². The number of hydrogen-bond acceptors (Lipinski definition) is 8. The van der Waals surface area contributed by atoms with Crippen LogP contribution in [0, 0.1) is 5.41 Å². The summed E-state index contributed by atoms with van der Waals surface area (Å²) in [6.07, 6.45) is 4.39. The average Bonchev–Trinajstić information content (AvgIpc) is 3.15. The monoisotopic (exact) mass is 563 g/mol. The number of ether oxygens (including phenoxy) is 1. The highest BCUT2D eigenvalue weighted by atomic mass is 35.5. The largest absolute Gasteiger partial charge is 0.479 e. The minimum atomic E-state index is -2.27. The van der Waals surface area contributed by atoms with Gasteiger partial charge in [0, 0.05) is 18.8 Å². The molecule has 0 saturated heterocycles. The zero-order valence-electron chi connectivity index (χ0n) is 22.3. The first-order chi connectivity index (χ1) is 18.5. The van der Waals surface area contributed by atoms with Crippen LogP contribution in [0.4, 0.5) is 5.69 Å². The number of anilines is 1. The molecule has 1 aliphatic heterocycles. The van der Waals surface area contributed by atoms with E-state index in [2.05, 4.69) is 41.6 Å². The second kappa shape index (κ2) is 13.9. The third kappa shape index (κ3) is 9.06. The third-order valence-electron chi connectivity index (χ3n) is 7.13. The van der Waals surface area contributed by atoms with Crippen LogP contribution in [0.2, 0.25) is 5.02 Å². The fourth-order valence-corrected chi connectivity index (χ4v) is 4.89. The van der Waals surface area contributed by atoms with E-state index in [0.29, 0.717) is 18.1 Å². The molecule has 1 fully saturated rings. The molecule has 1 aliphatic carbocycles. The Morgan fingerprint density at radius 1 is 1.08 bits per heavy atom. The molecule has 214 valence electrons. The first kappa shape index (κ1) is 30.6. The molecule has 1 aromatic heterocycles. The number of pyridine rings is 1. The number of nitrogens with zero attached hydrogens (tertiary/aromatic N) is 1. The lowest BCUT2D eigenvalue weighted by Gasteiger charge is -2.34. The van der Waals surface area contributed by atoms with Crippen LogP contribution in [0.5, 0.6) is 5.88 Å². The van der Waals surface area contributed by atoms with E-state index >= 15 is 0 Å². The third-order valence-corrected chi connectivity index (χ3v) is 7.44. The molecule has 0 unspecified atom stereocenters. The number of halogens is 1. The van der Waals surface area contributed by atoms with Gasteiger partial charge in [0.2, 0.25) is 5.88 Å². The quantitative estimate of drug-likeness (QED) is 0.281. The molecule has 0 radical (unpaired) electrons. The van der Waals surface area contributed by atoms with Gasteiger partial charge in [0.15, 0.2) is 12.2 Å². The zero-order chi connectivity index (χ0) is 28.6. The van der Waals surface area contributed by atoms with Crippen LogP contribution < -0.4 is 15.4 Å². The minimum absolute atomic E-state index is 0.298. The fourth-order valence-electron chi connectivity index (χ4n) is 4.64. The van der Waals surface area contributed by atoms with E-state index in [9.17, 15) is 9.59 Å². The minimum Gasteiger partial charge on any atom is -0.479 e. The molecule has 1 aromatic carbocycles. The summed E-state index contributed by atoms with van der Waals surface area (Å²) >= 11 is 6.52. The maximum Gasteiger partial charge on any atom is 0.335 e. The molecular formula is C28H38ClN3O7. The SMILES string of the molecule is CC1(C)CCC(Oc2ccc(CNc3c(Cl)ccc4c3CCNCC4)cn2)CC1.O=C(O)[C@H](O)[C@@H](O)C(=O)O. The highest BCUT2D eigenvalue weighted by Crippen LogP contribution is 2.36. The number of rotatable bonds is 8. The number of fused-ring (bicyclic) bond motifs is 1. The number of carbonyl (C=O) groups is 2. The molecular weight excluding hydrogens is 526 g/mol. The Morgan fingerprint density at radius 3 is 2.31 bits per heavy atom. The van der Waals surface area contributed by atoms with E-state index in [1.165, 1.54) is 24.0 Å². The van der Waals surface area contributed by atoms with Crippen molar-refractivity contribution in [1.82, 2.24) is 10.3 Å². The van der Waals surface area contributed by atoms with Crippen molar-refractivity contribution >= 4 is 29.2 Å². The lowest BCUT2D eigenvalue weighted by Crippen LogP contribution is -2.39. The van der Waals surface area contributed by atoms with Crippen molar-refractivity contribution in [3.8, 4) is 5.88 Å². The van der Waals surface area contributed by atoms with Crippen LogP contribution in [0.1, 0.15) is 56.2 Å². The van der Waals surface area contributed by atoms with E-state index in [-0.39, 0.29) is 0 Å². The average molecular weight is 564 g/mol. The van der Waals surface area contributed by atoms with Crippen molar-refractivity contribution in [3.05, 3.63) is 52.2 Å². The van der Waals surface area contributed by atoms with Gasteiger partial charge in [0.25, 0.3) is 0 Å². The normalized spacial score (nSPS) is 18.4. The second-order valence-electron chi connectivity index (χ2n) is 10.7. The number of hydrogen-bond donors (Lipinski definition) is 6. The van der Waals surface area contributed by atoms with Gasteiger partial charge in [-0.1, -0.05) is 37.6 Å². The topological polar surface area (TPSA) is 161 Å². The number of aromatic nitrogens is 1. The van der Waals surface area contributed by atoms with Crippen molar-refractivity contribution in [1.29, 1.82) is 0 Å². The van der Waals surface area contributed by atoms with Gasteiger partial charge in [0.1, 0.15) is 6.10 Å². The number of aliphatic hydroxyl groups is 2. The summed E-state index contributed by atoms with van der Waals surface area (Å²) in [5.41, 5.74) is 5.38. The summed E-state index contributed by atoms with van der Waals surface area (Å²) in [7, 11) is 0. The van der Waals surface area contributed by atoms with Crippen LogP contribution in [-0.4, -0.2) is 68.8 Å². The highest BCUT2D eigenvalue weighted by Gasteiger charge is 2.29. The summed E-state index contributed by atoms with van der Waals surface area (Å²) in [6.45, 7) is 7.41. The molecule has 39 heavy (non-hydrogen) atoms. The van der Waals surface area contributed by atoms with E-state index in [1.807, 2.05) is 18.3 Å². The lowest BCUT2D eigenvalue weighted by molar-refractivity contribution is -0.165.